The van der Waals surface area contributed by atoms with Gasteiger partial charge in [-0.3, -0.25) is 30.3 Å². The molecular formula is C21H17N3O9S. The van der Waals surface area contributed by atoms with Crippen LogP contribution in [0, 0.1) is 30.3 Å². The van der Waals surface area contributed by atoms with Gasteiger partial charge in [-0.05, 0) is 30.3 Å². The molecule has 13 heteroatoms. The quantitative estimate of drug-likeness (QED) is 0.199. The van der Waals surface area contributed by atoms with Crippen LogP contribution in [0.4, 0.5) is 17.1 Å². The van der Waals surface area contributed by atoms with Crippen molar-refractivity contribution in [1.82, 2.24) is 0 Å². The molecule has 0 spiro atoms. The third-order valence-electron chi connectivity index (χ3n) is 4.51. The number of nitrogens with zero attached hydrogens (tertiary/aromatic N) is 3. The van der Waals surface area contributed by atoms with Gasteiger partial charge in [0.1, 0.15) is 30.3 Å². The molecule has 0 radical (unpaired) electrons. The first-order valence-electron chi connectivity index (χ1n) is 9.54. The van der Waals surface area contributed by atoms with Crippen molar-refractivity contribution in [3.8, 4) is 11.5 Å². The smallest absolute Gasteiger partial charge is 0.282 e. The Bertz CT molecular complexity index is 1180. The molecule has 0 aliphatic carbocycles. The van der Waals surface area contributed by atoms with E-state index in [1.165, 1.54) is 37.4 Å². The summed E-state index contributed by atoms with van der Waals surface area (Å²) < 4.78 is 16.0. The van der Waals surface area contributed by atoms with E-state index in [1.807, 2.05) is 0 Å². The minimum atomic E-state index is -0.736. The van der Waals surface area contributed by atoms with Crippen molar-refractivity contribution in [2.75, 3.05) is 7.11 Å². The number of nitro benzene ring substituents is 3. The van der Waals surface area contributed by atoms with E-state index in [4.69, 9.17) is 13.7 Å². The Kier molecular flexibility index (Phi) is 7.95. The first kappa shape index (κ1) is 24.4. The van der Waals surface area contributed by atoms with Gasteiger partial charge in [0.2, 0.25) is 0 Å². The van der Waals surface area contributed by atoms with Gasteiger partial charge in [-0.2, -0.15) is 0 Å². The SMILES string of the molecule is COc1ccc(OCc2cc([N+](=O)[O-])c(COSc3cccc([N+](=O)[O-])c3)c([N+](=O)[O-])c2)cc1. The van der Waals surface area contributed by atoms with Gasteiger partial charge in [-0.25, -0.2) is 0 Å². The third-order valence-corrected chi connectivity index (χ3v) is 5.19. The second-order valence-corrected chi connectivity index (χ2v) is 7.56. The maximum atomic E-state index is 11.6. The van der Waals surface area contributed by atoms with Crippen LogP contribution in [-0.4, -0.2) is 21.9 Å². The van der Waals surface area contributed by atoms with Crippen LogP contribution in [0.2, 0.25) is 0 Å². The molecule has 0 amide bonds. The van der Waals surface area contributed by atoms with Crippen LogP contribution in [-0.2, 0) is 17.4 Å². The lowest BCUT2D eigenvalue weighted by Crippen LogP contribution is -2.05. The van der Waals surface area contributed by atoms with Crippen LogP contribution in [0.25, 0.3) is 0 Å². The predicted octanol–water partition coefficient (Wildman–Crippen LogP) is 5.22. The summed E-state index contributed by atoms with van der Waals surface area (Å²) in [7, 11) is 1.52. The Labute approximate surface area is 196 Å². The van der Waals surface area contributed by atoms with Crippen LogP contribution in [0.5, 0.6) is 11.5 Å². The molecule has 3 aromatic rings. The lowest BCUT2D eigenvalue weighted by atomic mass is 10.1. The standard InChI is InChI=1S/C21H17N3O9S/c1-31-16-5-7-17(8-6-16)32-12-14-9-20(23(27)28)19(21(10-14)24(29)30)13-33-34-18-4-2-3-15(11-18)22(25)26/h2-11H,12-13H2,1H3. The molecule has 0 aliphatic heterocycles. The zero-order valence-corrected chi connectivity index (χ0v) is 18.4. The molecule has 12 nitrogen and oxygen atoms in total. The Balaban J connectivity index is 1.79. The number of hydrogen-bond acceptors (Lipinski definition) is 10. The lowest BCUT2D eigenvalue weighted by molar-refractivity contribution is -0.396. The second-order valence-electron chi connectivity index (χ2n) is 6.69. The Hall–Kier alpha value is -4.23. The number of ether oxygens (including phenoxy) is 2. The van der Waals surface area contributed by atoms with Gasteiger partial charge in [0, 0.05) is 46.8 Å². The molecular weight excluding hydrogens is 470 g/mol. The van der Waals surface area contributed by atoms with Crippen LogP contribution in [0.15, 0.2) is 65.6 Å². The maximum absolute atomic E-state index is 11.6. The molecule has 0 atom stereocenters. The van der Waals surface area contributed by atoms with Crippen molar-refractivity contribution in [3.63, 3.8) is 0 Å². The fourth-order valence-corrected chi connectivity index (χ4v) is 3.52. The zero-order chi connectivity index (χ0) is 24.7. The number of methoxy groups -OCH3 is 1. The van der Waals surface area contributed by atoms with E-state index < -0.39 is 32.8 Å². The van der Waals surface area contributed by atoms with Crippen molar-refractivity contribution < 1.29 is 28.4 Å². The highest BCUT2D eigenvalue weighted by atomic mass is 32.2. The first-order valence-corrected chi connectivity index (χ1v) is 10.3. The summed E-state index contributed by atoms with van der Waals surface area (Å²) in [6.07, 6.45) is 0. The van der Waals surface area contributed by atoms with Gasteiger partial charge in [-0.1, -0.05) is 6.07 Å². The highest BCUT2D eigenvalue weighted by Crippen LogP contribution is 2.34. The molecule has 3 aromatic carbocycles. The average Bonchev–Trinajstić information content (AvgIpc) is 2.83. The monoisotopic (exact) mass is 487 g/mol. The predicted molar refractivity (Wildman–Crippen MR) is 121 cm³/mol. The fraction of sp³-hybridized carbons (Fsp3) is 0.143. The third kappa shape index (κ3) is 6.17. The van der Waals surface area contributed by atoms with Crippen molar-refractivity contribution >= 4 is 29.1 Å². The van der Waals surface area contributed by atoms with Crippen molar-refractivity contribution in [3.05, 3.63) is 102 Å². The van der Waals surface area contributed by atoms with Gasteiger partial charge < -0.3 is 13.7 Å². The number of non-ortho nitro benzene ring substituents is 1. The normalized spacial score (nSPS) is 10.5. The minimum Gasteiger partial charge on any atom is -0.497 e. The van der Waals surface area contributed by atoms with Gasteiger partial charge in [-0.15, -0.1) is 0 Å². The lowest BCUT2D eigenvalue weighted by Gasteiger charge is -2.10. The molecule has 0 saturated carbocycles. The summed E-state index contributed by atoms with van der Waals surface area (Å²) in [5.41, 5.74) is -1.17. The molecule has 176 valence electrons. The van der Waals surface area contributed by atoms with Crippen LogP contribution < -0.4 is 9.47 Å². The average molecular weight is 487 g/mol. The van der Waals surface area contributed by atoms with Gasteiger partial charge in [0.25, 0.3) is 17.1 Å². The molecule has 0 heterocycles. The number of nitro groups is 3. The zero-order valence-electron chi connectivity index (χ0n) is 17.6. The summed E-state index contributed by atoms with van der Waals surface area (Å²) in [5.74, 6) is 1.07. The molecule has 34 heavy (non-hydrogen) atoms. The van der Waals surface area contributed by atoms with E-state index in [1.54, 1.807) is 30.3 Å². The van der Waals surface area contributed by atoms with E-state index >= 15 is 0 Å². The minimum absolute atomic E-state index is 0.141. The summed E-state index contributed by atoms with van der Waals surface area (Å²) in [4.78, 5) is 32.5. The van der Waals surface area contributed by atoms with Crippen molar-refractivity contribution in [2.24, 2.45) is 0 Å². The van der Waals surface area contributed by atoms with Crippen LogP contribution in [0.3, 0.4) is 0 Å². The highest BCUT2D eigenvalue weighted by Gasteiger charge is 2.27. The Morgan fingerprint density at radius 3 is 1.97 bits per heavy atom. The molecule has 0 unspecified atom stereocenters. The molecule has 0 fully saturated rings. The molecule has 0 saturated heterocycles. The molecule has 0 aromatic heterocycles. The molecule has 0 N–H and O–H groups in total. The largest absolute Gasteiger partial charge is 0.497 e. The van der Waals surface area contributed by atoms with E-state index in [0.29, 0.717) is 16.4 Å². The van der Waals surface area contributed by atoms with E-state index in [2.05, 4.69) is 0 Å². The second kappa shape index (κ2) is 11.1. The summed E-state index contributed by atoms with van der Waals surface area (Å²) in [5, 5.41) is 34.2. The summed E-state index contributed by atoms with van der Waals surface area (Å²) in [6, 6.07) is 14.5. The summed E-state index contributed by atoms with van der Waals surface area (Å²) >= 11 is 0.718. The van der Waals surface area contributed by atoms with Crippen LogP contribution >= 0.6 is 12.0 Å². The first-order chi connectivity index (χ1) is 16.3. The van der Waals surface area contributed by atoms with Gasteiger partial charge in [0.05, 0.1) is 21.9 Å². The van der Waals surface area contributed by atoms with Crippen molar-refractivity contribution in [2.45, 2.75) is 18.1 Å². The summed E-state index contributed by atoms with van der Waals surface area (Å²) in [6.45, 7) is -0.614. The molecule has 0 bridgehead atoms. The Morgan fingerprint density at radius 1 is 0.794 bits per heavy atom. The molecule has 3 rings (SSSR count). The highest BCUT2D eigenvalue weighted by molar-refractivity contribution is 7.94. The topological polar surface area (TPSA) is 157 Å². The number of rotatable bonds is 11. The van der Waals surface area contributed by atoms with E-state index in [9.17, 15) is 30.3 Å². The number of benzene rings is 3. The van der Waals surface area contributed by atoms with Gasteiger partial charge >= 0.3 is 0 Å². The van der Waals surface area contributed by atoms with E-state index in [-0.39, 0.29) is 23.4 Å². The Morgan fingerprint density at radius 2 is 1.41 bits per heavy atom. The fourth-order valence-electron chi connectivity index (χ4n) is 2.90. The molecule has 0 aliphatic rings. The number of hydrogen-bond donors (Lipinski definition) is 0. The van der Waals surface area contributed by atoms with Gasteiger partial charge in [0.15, 0.2) is 0 Å². The van der Waals surface area contributed by atoms with Crippen LogP contribution in [0.1, 0.15) is 11.1 Å². The van der Waals surface area contributed by atoms with E-state index in [0.717, 1.165) is 12.0 Å². The maximum Gasteiger partial charge on any atom is 0.282 e. The van der Waals surface area contributed by atoms with Crippen molar-refractivity contribution in [1.29, 1.82) is 0 Å².